The monoisotopic (exact) mass is 865 g/mol. The van der Waals surface area contributed by atoms with Crippen molar-refractivity contribution >= 4 is 44.7 Å². The second-order valence-electron chi connectivity index (χ2n) is 18.5. The molecule has 3 N–H and O–H groups in total. The van der Waals surface area contributed by atoms with E-state index >= 15 is 4.79 Å². The fourth-order valence-corrected chi connectivity index (χ4v) is 10.6. The summed E-state index contributed by atoms with van der Waals surface area (Å²) in [6.07, 6.45) is 10.5. The van der Waals surface area contributed by atoms with Crippen LogP contribution in [0.2, 0.25) is 0 Å². The minimum Gasteiger partial charge on any atom is -0.496 e. The summed E-state index contributed by atoms with van der Waals surface area (Å²) in [5.74, 6) is -1.12. The molecule has 0 radical (unpaired) electrons. The number of nitrogens with one attached hydrogen (secondary N) is 3. The number of ether oxygens (including phenoxy) is 4. The van der Waals surface area contributed by atoms with Crippen LogP contribution in [0.25, 0.3) is 10.9 Å². The quantitative estimate of drug-likeness (QED) is 0.161. The summed E-state index contributed by atoms with van der Waals surface area (Å²) in [6, 6.07) is 3.53. The smallest absolute Gasteiger partial charge is 0.407 e. The number of amides is 4. The summed E-state index contributed by atoms with van der Waals surface area (Å²) in [7, 11) is -2.29. The number of benzene rings is 1. The van der Waals surface area contributed by atoms with Gasteiger partial charge in [0.1, 0.15) is 35.2 Å². The van der Waals surface area contributed by atoms with Gasteiger partial charge < -0.3 is 34.5 Å². The van der Waals surface area contributed by atoms with Gasteiger partial charge in [0.15, 0.2) is 0 Å². The lowest BCUT2D eigenvalue weighted by molar-refractivity contribution is -0.142. The third-order valence-electron chi connectivity index (χ3n) is 13.1. The Morgan fingerprint density at radius 1 is 1.08 bits per heavy atom. The molecule has 0 unspecified atom stereocenters. The highest BCUT2D eigenvalue weighted by Gasteiger charge is 2.62. The Kier molecular flexibility index (Phi) is 13.4. The molecule has 7 rings (SSSR count). The van der Waals surface area contributed by atoms with Crippen molar-refractivity contribution in [3.05, 3.63) is 36.4 Å². The van der Waals surface area contributed by atoms with Crippen LogP contribution in [-0.2, 0) is 35.6 Å². The van der Waals surface area contributed by atoms with E-state index in [4.69, 9.17) is 23.9 Å². The number of pyridine rings is 1. The highest BCUT2D eigenvalue weighted by atomic mass is 32.2. The fourth-order valence-electron chi connectivity index (χ4n) is 9.19. The number of unbranched alkanes of at least 4 members (excludes halogenated alkanes) is 2. The van der Waals surface area contributed by atoms with Gasteiger partial charge in [0.2, 0.25) is 27.7 Å². The van der Waals surface area contributed by atoms with Crippen LogP contribution in [0, 0.1) is 17.3 Å². The number of cyclic esters (lactones) is 1. The van der Waals surface area contributed by atoms with E-state index in [1.54, 1.807) is 13.2 Å². The number of aryl methyl sites for hydroxylation is 1. The van der Waals surface area contributed by atoms with Crippen LogP contribution in [0.3, 0.4) is 0 Å². The third-order valence-corrected chi connectivity index (χ3v) is 14.9. The van der Waals surface area contributed by atoms with E-state index in [0.717, 1.165) is 62.3 Å². The van der Waals surface area contributed by atoms with Gasteiger partial charge in [-0.05, 0) is 80.8 Å². The number of carbonyl (C=O) groups is 4. The molecule has 16 heteroatoms. The second-order valence-corrected chi connectivity index (χ2v) is 20.4. The standard InChI is InChI=1S/C45H63N5O10S/c1-6-8-12-20-58-38-24-37-33-21-29(36(57-5)23-34(33)46-38)16-13-19-44(3,4)27-59-43(54)47-39(28-14-10-9-11-15-28)41(52)50-26-31(60-37)22-35(50)40(51)48-45(25-30(45)7-2)42(53)49-61(55,56)32-17-18-32/h7,21,23-24,28,30-32,35,39H,2,6,8-20,22,25-27H2,1,3-5H3,(H,47,54)(H,48,51)(H,49,53)/t30-,31+,35-,39-,45+/m0/s1. The van der Waals surface area contributed by atoms with Crippen LogP contribution < -0.4 is 29.6 Å². The largest absolute Gasteiger partial charge is 0.496 e. The summed E-state index contributed by atoms with van der Waals surface area (Å²) in [4.78, 5) is 63.3. The average Bonchev–Trinajstić information content (AvgIpc) is 4.17. The highest BCUT2D eigenvalue weighted by molar-refractivity contribution is 7.91. The fraction of sp³-hybridized carbons (Fsp3) is 0.667. The molecule has 4 fully saturated rings. The molecule has 0 spiro atoms. The van der Waals surface area contributed by atoms with Gasteiger partial charge in [0.25, 0.3) is 5.91 Å². The molecule has 3 heterocycles. The van der Waals surface area contributed by atoms with Gasteiger partial charge in [-0.25, -0.2) is 18.2 Å². The predicted molar refractivity (Wildman–Crippen MR) is 229 cm³/mol. The molecule has 4 amide bonds. The molecule has 2 aromatic rings. The van der Waals surface area contributed by atoms with Crippen molar-refractivity contribution in [2.45, 2.75) is 146 Å². The zero-order valence-electron chi connectivity index (χ0n) is 36.1. The molecule has 15 nitrogen and oxygen atoms in total. The first-order valence-corrected chi connectivity index (χ1v) is 23.8. The molecular weight excluding hydrogens is 803 g/mol. The minimum absolute atomic E-state index is 0.0104. The predicted octanol–water partition coefficient (Wildman–Crippen LogP) is 5.87. The Labute approximate surface area is 359 Å². The van der Waals surface area contributed by atoms with Gasteiger partial charge in [-0.1, -0.05) is 59.0 Å². The number of alkyl carbamates (subject to hydrolysis) is 1. The minimum atomic E-state index is -3.91. The molecule has 5 aliphatic rings. The van der Waals surface area contributed by atoms with Crippen LogP contribution in [0.5, 0.6) is 17.4 Å². The summed E-state index contributed by atoms with van der Waals surface area (Å²) in [6.45, 7) is 10.6. The summed E-state index contributed by atoms with van der Waals surface area (Å²) < 4.78 is 52.6. The Hall–Kier alpha value is -4.60. The van der Waals surface area contributed by atoms with E-state index in [1.807, 2.05) is 26.0 Å². The van der Waals surface area contributed by atoms with E-state index in [1.165, 1.54) is 11.0 Å². The number of sulfonamides is 1. The Bertz CT molecular complexity index is 2100. The number of methoxy groups -OCH3 is 1. The number of carbonyl (C=O) groups excluding carboxylic acids is 4. The lowest BCUT2D eigenvalue weighted by Crippen LogP contribution is -2.59. The molecular formula is C45H63N5O10S. The van der Waals surface area contributed by atoms with E-state index in [2.05, 4.69) is 28.9 Å². The Morgan fingerprint density at radius 3 is 2.54 bits per heavy atom. The molecule has 1 aromatic carbocycles. The van der Waals surface area contributed by atoms with Crippen LogP contribution >= 0.6 is 0 Å². The van der Waals surface area contributed by atoms with Crippen molar-refractivity contribution in [3.63, 3.8) is 0 Å². The zero-order valence-corrected chi connectivity index (χ0v) is 36.9. The summed E-state index contributed by atoms with van der Waals surface area (Å²) in [5, 5.41) is 5.87. The number of hydrogen-bond donors (Lipinski definition) is 3. The van der Waals surface area contributed by atoms with Gasteiger partial charge >= 0.3 is 6.09 Å². The first-order chi connectivity index (χ1) is 29.2. The highest BCUT2D eigenvalue weighted by Crippen LogP contribution is 2.46. The van der Waals surface area contributed by atoms with Gasteiger partial charge in [0.05, 0.1) is 37.6 Å². The van der Waals surface area contributed by atoms with E-state index in [-0.39, 0.29) is 37.3 Å². The zero-order chi connectivity index (χ0) is 43.5. The van der Waals surface area contributed by atoms with Crippen molar-refractivity contribution in [1.82, 2.24) is 25.2 Å². The van der Waals surface area contributed by atoms with Crippen LogP contribution in [0.15, 0.2) is 30.9 Å². The second kappa shape index (κ2) is 18.4. The topological polar surface area (TPSA) is 192 Å². The van der Waals surface area contributed by atoms with Crippen LogP contribution in [-0.4, -0.2) is 98.0 Å². The number of aromatic nitrogens is 1. The average molecular weight is 866 g/mol. The van der Waals surface area contributed by atoms with Crippen molar-refractivity contribution in [2.75, 3.05) is 26.9 Å². The van der Waals surface area contributed by atoms with Gasteiger partial charge in [0, 0.05) is 29.9 Å². The molecule has 3 aliphatic carbocycles. The van der Waals surface area contributed by atoms with E-state index in [0.29, 0.717) is 61.6 Å². The van der Waals surface area contributed by atoms with Crippen molar-refractivity contribution in [3.8, 4) is 17.4 Å². The Balaban J connectivity index is 1.26. The van der Waals surface area contributed by atoms with Crippen LogP contribution in [0.1, 0.15) is 116 Å². The number of fused-ring (bicyclic) bond motifs is 3. The van der Waals surface area contributed by atoms with Crippen LogP contribution in [0.4, 0.5) is 4.79 Å². The molecule has 4 bridgehead atoms. The van der Waals surface area contributed by atoms with Gasteiger partial charge in [-0.15, -0.1) is 6.58 Å². The summed E-state index contributed by atoms with van der Waals surface area (Å²) in [5.41, 5.74) is -0.392. The normalized spacial score (nSPS) is 27.2. The SMILES string of the molecule is C=C[C@H]1C[C@]1(NC(=O)[C@@H]1C[C@@H]2CN1C(=O)[C@H](C1CCCCC1)NC(=O)OCC(C)(C)CCCc1cc3c(cc(OCCCCC)nc3cc1OC)O2)C(=O)NS(=O)(=O)C1CC1. The third kappa shape index (κ3) is 10.2. The lowest BCUT2D eigenvalue weighted by Gasteiger charge is -2.35. The molecule has 61 heavy (non-hydrogen) atoms. The number of nitrogens with zero attached hydrogens (tertiary/aromatic N) is 2. The van der Waals surface area contributed by atoms with Gasteiger partial charge in [-0.2, -0.15) is 0 Å². The molecule has 5 atom stereocenters. The van der Waals surface area contributed by atoms with E-state index < -0.39 is 68.7 Å². The van der Waals surface area contributed by atoms with Crippen molar-refractivity contribution in [1.29, 1.82) is 0 Å². The van der Waals surface area contributed by atoms with Crippen molar-refractivity contribution < 1.29 is 46.5 Å². The molecule has 2 aliphatic heterocycles. The maximum atomic E-state index is 15.0. The molecule has 1 aromatic heterocycles. The first kappa shape index (κ1) is 44.5. The Morgan fingerprint density at radius 2 is 1.85 bits per heavy atom. The number of rotatable bonds is 13. The molecule has 1 saturated heterocycles. The maximum Gasteiger partial charge on any atom is 0.407 e. The summed E-state index contributed by atoms with van der Waals surface area (Å²) >= 11 is 0. The molecule has 334 valence electrons. The van der Waals surface area contributed by atoms with E-state index in [9.17, 15) is 22.8 Å². The number of hydrogen-bond acceptors (Lipinski definition) is 11. The maximum absolute atomic E-state index is 15.0. The first-order valence-electron chi connectivity index (χ1n) is 22.2. The van der Waals surface area contributed by atoms with Gasteiger partial charge in [-0.3, -0.25) is 19.1 Å². The molecule has 3 saturated carbocycles. The lowest BCUT2D eigenvalue weighted by atomic mass is 9.83. The van der Waals surface area contributed by atoms with Crippen molar-refractivity contribution in [2.24, 2.45) is 17.3 Å².